The smallest absolute Gasteiger partial charge is 0.196 e. The predicted molar refractivity (Wildman–Crippen MR) is 69.1 cm³/mol. The van der Waals surface area contributed by atoms with Crippen LogP contribution in [0.1, 0.15) is 10.5 Å². The molecule has 0 amide bonds. The zero-order valence-electron chi connectivity index (χ0n) is 9.44. The second kappa shape index (κ2) is 5.46. The van der Waals surface area contributed by atoms with E-state index in [1.807, 2.05) is 0 Å². The molecule has 1 heterocycles. The molecule has 1 aromatic carbocycles. The third-order valence-corrected chi connectivity index (χ3v) is 3.42. The Morgan fingerprint density at radius 1 is 1.56 bits per heavy atom. The number of carbonyl (C=O) groups is 1. The number of methoxy groups -OCH3 is 1. The van der Waals surface area contributed by atoms with Gasteiger partial charge in [0.15, 0.2) is 5.78 Å². The van der Waals surface area contributed by atoms with Gasteiger partial charge in [0, 0.05) is 5.38 Å². The van der Waals surface area contributed by atoms with Crippen LogP contribution in [0.25, 0.3) is 10.6 Å². The molecular formula is C12H9ClFNO2S. The summed E-state index contributed by atoms with van der Waals surface area (Å²) in [6.07, 6.45) is 0. The number of nitrogens with zero attached hydrogens (tertiary/aromatic N) is 1. The molecule has 0 unspecified atom stereocenters. The molecule has 6 heteroatoms. The van der Waals surface area contributed by atoms with E-state index in [1.54, 1.807) is 17.5 Å². The van der Waals surface area contributed by atoms with Crippen LogP contribution in [0.2, 0.25) is 0 Å². The summed E-state index contributed by atoms with van der Waals surface area (Å²) in [5, 5.41) is 1.96. The van der Waals surface area contributed by atoms with Gasteiger partial charge in [-0.3, -0.25) is 4.79 Å². The van der Waals surface area contributed by atoms with Crippen molar-refractivity contribution in [3.8, 4) is 16.3 Å². The van der Waals surface area contributed by atoms with Gasteiger partial charge in [-0.15, -0.1) is 22.9 Å². The maximum absolute atomic E-state index is 13.8. The first-order chi connectivity index (χ1) is 8.67. The third-order valence-electron chi connectivity index (χ3n) is 2.32. The molecule has 0 N–H and O–H groups in total. The Morgan fingerprint density at radius 2 is 2.33 bits per heavy atom. The van der Waals surface area contributed by atoms with E-state index in [9.17, 15) is 9.18 Å². The number of hydrogen-bond donors (Lipinski definition) is 0. The van der Waals surface area contributed by atoms with Crippen molar-refractivity contribution in [2.24, 2.45) is 0 Å². The predicted octanol–water partition coefficient (Wildman–Crippen LogP) is 3.38. The summed E-state index contributed by atoms with van der Waals surface area (Å²) in [6, 6.07) is 4.52. The normalized spacial score (nSPS) is 10.4. The Bertz CT molecular complexity index is 585. The van der Waals surface area contributed by atoms with Gasteiger partial charge in [-0.05, 0) is 12.1 Å². The van der Waals surface area contributed by atoms with Crippen molar-refractivity contribution in [2.75, 3.05) is 13.0 Å². The van der Waals surface area contributed by atoms with E-state index in [0.717, 1.165) is 0 Å². The summed E-state index contributed by atoms with van der Waals surface area (Å²) in [4.78, 5) is 15.5. The van der Waals surface area contributed by atoms with Gasteiger partial charge in [0.2, 0.25) is 0 Å². The van der Waals surface area contributed by atoms with Crippen LogP contribution in [0.15, 0.2) is 23.6 Å². The Labute approximate surface area is 112 Å². The number of benzene rings is 1. The lowest BCUT2D eigenvalue weighted by atomic mass is 10.2. The van der Waals surface area contributed by atoms with Crippen molar-refractivity contribution in [3.63, 3.8) is 0 Å². The second-order valence-electron chi connectivity index (χ2n) is 3.41. The van der Waals surface area contributed by atoms with Gasteiger partial charge in [0.25, 0.3) is 0 Å². The van der Waals surface area contributed by atoms with E-state index >= 15 is 0 Å². The van der Waals surface area contributed by atoms with Crippen molar-refractivity contribution in [1.29, 1.82) is 0 Å². The van der Waals surface area contributed by atoms with E-state index < -0.39 is 5.82 Å². The van der Waals surface area contributed by atoms with E-state index in [-0.39, 0.29) is 22.9 Å². The minimum atomic E-state index is -0.437. The lowest BCUT2D eigenvalue weighted by molar-refractivity contribution is 0.101. The monoisotopic (exact) mass is 285 g/mol. The number of thiazole rings is 1. The summed E-state index contributed by atoms with van der Waals surface area (Å²) in [5.74, 6) is -0.477. The van der Waals surface area contributed by atoms with Gasteiger partial charge < -0.3 is 4.74 Å². The lowest BCUT2D eigenvalue weighted by Gasteiger charge is -2.06. The number of ether oxygens (including phenoxy) is 1. The number of alkyl halides is 1. The van der Waals surface area contributed by atoms with Crippen LogP contribution in [0, 0.1) is 5.82 Å². The number of halogens is 2. The van der Waals surface area contributed by atoms with Crippen LogP contribution in [-0.4, -0.2) is 23.8 Å². The molecule has 94 valence electrons. The Morgan fingerprint density at radius 3 is 3.00 bits per heavy atom. The molecule has 0 aliphatic heterocycles. The highest BCUT2D eigenvalue weighted by Gasteiger charge is 2.17. The highest BCUT2D eigenvalue weighted by molar-refractivity contribution is 7.13. The summed E-state index contributed by atoms with van der Waals surface area (Å²) in [6.45, 7) is 0. The Hall–Kier alpha value is -1.46. The molecule has 0 fully saturated rings. The van der Waals surface area contributed by atoms with Crippen molar-refractivity contribution in [3.05, 3.63) is 35.1 Å². The number of hydrogen-bond acceptors (Lipinski definition) is 4. The van der Waals surface area contributed by atoms with Crippen molar-refractivity contribution in [1.82, 2.24) is 4.98 Å². The SMILES string of the molecule is COc1cccc(F)c1-c1nc(C(=O)CCl)cs1. The number of ketones is 1. The average Bonchev–Trinajstić information content (AvgIpc) is 2.86. The van der Waals surface area contributed by atoms with Gasteiger partial charge in [0.1, 0.15) is 22.3 Å². The molecule has 2 rings (SSSR count). The topological polar surface area (TPSA) is 39.2 Å². The largest absolute Gasteiger partial charge is 0.496 e. The summed E-state index contributed by atoms with van der Waals surface area (Å²) < 4.78 is 18.9. The zero-order valence-corrected chi connectivity index (χ0v) is 11.0. The molecule has 18 heavy (non-hydrogen) atoms. The molecule has 0 aliphatic rings. The summed E-state index contributed by atoms with van der Waals surface area (Å²) in [5.41, 5.74) is 0.508. The van der Waals surface area contributed by atoms with Crippen molar-refractivity contribution < 1.29 is 13.9 Å². The maximum atomic E-state index is 13.8. The number of carbonyl (C=O) groups excluding carboxylic acids is 1. The van der Waals surface area contributed by atoms with Gasteiger partial charge in [-0.2, -0.15) is 0 Å². The number of aromatic nitrogens is 1. The molecular weight excluding hydrogens is 277 g/mol. The van der Waals surface area contributed by atoms with Crippen molar-refractivity contribution in [2.45, 2.75) is 0 Å². The third kappa shape index (κ3) is 2.37. The van der Waals surface area contributed by atoms with Crippen LogP contribution in [0.4, 0.5) is 4.39 Å². The van der Waals surface area contributed by atoms with E-state index in [0.29, 0.717) is 10.8 Å². The molecule has 0 radical (unpaired) electrons. The van der Waals surface area contributed by atoms with E-state index in [4.69, 9.17) is 16.3 Å². The van der Waals surface area contributed by atoms with Crippen LogP contribution in [-0.2, 0) is 0 Å². The average molecular weight is 286 g/mol. The molecule has 1 aromatic heterocycles. The van der Waals surface area contributed by atoms with Crippen molar-refractivity contribution >= 4 is 28.7 Å². The first-order valence-electron chi connectivity index (χ1n) is 5.05. The molecule has 0 aliphatic carbocycles. The molecule has 0 bridgehead atoms. The van der Waals surface area contributed by atoms with Gasteiger partial charge in [0.05, 0.1) is 18.6 Å². The van der Waals surface area contributed by atoms with Crippen LogP contribution < -0.4 is 4.74 Å². The van der Waals surface area contributed by atoms with E-state index in [2.05, 4.69) is 4.98 Å². The maximum Gasteiger partial charge on any atom is 0.196 e. The molecule has 0 spiro atoms. The second-order valence-corrected chi connectivity index (χ2v) is 4.54. The quantitative estimate of drug-likeness (QED) is 0.638. The fourth-order valence-corrected chi connectivity index (χ4v) is 2.48. The number of Topliss-reactive ketones (excluding diaryl/α,β-unsaturated/α-hetero) is 1. The molecule has 0 saturated heterocycles. The van der Waals surface area contributed by atoms with Gasteiger partial charge in [-0.1, -0.05) is 6.07 Å². The molecule has 0 saturated carbocycles. The standard InChI is InChI=1S/C12H9ClFNO2S/c1-17-10-4-2-3-7(14)11(10)12-15-8(6-18-12)9(16)5-13/h2-4,6H,5H2,1H3. The summed E-state index contributed by atoms with van der Waals surface area (Å²) in [7, 11) is 1.46. The van der Waals surface area contributed by atoms with E-state index in [1.165, 1.54) is 24.5 Å². The molecule has 2 aromatic rings. The zero-order chi connectivity index (χ0) is 13.1. The number of rotatable bonds is 4. The van der Waals surface area contributed by atoms with Crippen LogP contribution in [0.5, 0.6) is 5.75 Å². The Balaban J connectivity index is 2.49. The van der Waals surface area contributed by atoms with Gasteiger partial charge in [-0.25, -0.2) is 9.37 Å². The summed E-state index contributed by atoms with van der Waals surface area (Å²) >= 11 is 6.63. The first-order valence-corrected chi connectivity index (χ1v) is 6.46. The first kappa shape index (κ1) is 13.0. The molecule has 3 nitrogen and oxygen atoms in total. The van der Waals surface area contributed by atoms with Crippen LogP contribution >= 0.6 is 22.9 Å². The minimum Gasteiger partial charge on any atom is -0.496 e. The lowest BCUT2D eigenvalue weighted by Crippen LogP contribution is -2.00. The highest BCUT2D eigenvalue weighted by atomic mass is 35.5. The molecule has 0 atom stereocenters. The fraction of sp³-hybridized carbons (Fsp3) is 0.167. The minimum absolute atomic E-state index is 0.141. The van der Waals surface area contributed by atoms with Crippen LogP contribution in [0.3, 0.4) is 0 Å². The highest BCUT2D eigenvalue weighted by Crippen LogP contribution is 2.34. The Kier molecular flexibility index (Phi) is 3.93. The fourth-order valence-electron chi connectivity index (χ4n) is 1.47. The van der Waals surface area contributed by atoms with Gasteiger partial charge >= 0.3 is 0 Å².